The first-order valence-corrected chi connectivity index (χ1v) is 7.22. The van der Waals surface area contributed by atoms with Gasteiger partial charge >= 0.3 is 0 Å². The zero-order valence-electron chi connectivity index (χ0n) is 12.5. The number of carbonyl (C=O) groups excluding carboxylic acids is 1. The topological polar surface area (TPSA) is 55.1 Å². The fourth-order valence-corrected chi connectivity index (χ4v) is 2.30. The second-order valence-electron chi connectivity index (χ2n) is 5.44. The summed E-state index contributed by atoms with van der Waals surface area (Å²) < 4.78 is 0. The lowest BCUT2D eigenvalue weighted by atomic mass is 10.0. The molecule has 0 aliphatic rings. The third-order valence-corrected chi connectivity index (χ3v) is 3.54. The summed E-state index contributed by atoms with van der Waals surface area (Å²) in [6, 6.07) is 17.4. The molecule has 0 unspecified atom stereocenters. The molecule has 3 N–H and O–H groups in total. The molecule has 0 heterocycles. The second-order valence-corrected chi connectivity index (χ2v) is 5.44. The van der Waals surface area contributed by atoms with E-state index in [1.807, 2.05) is 62.4 Å². The van der Waals surface area contributed by atoms with Crippen LogP contribution in [0.25, 0.3) is 0 Å². The Labute approximate surface area is 126 Å². The highest BCUT2D eigenvalue weighted by Gasteiger charge is 2.17. The van der Waals surface area contributed by atoms with E-state index in [-0.39, 0.29) is 11.9 Å². The van der Waals surface area contributed by atoms with Gasteiger partial charge in [0, 0.05) is 0 Å². The number of rotatable bonds is 5. The molecule has 3 nitrogen and oxygen atoms in total. The predicted octanol–water partition coefficient (Wildman–Crippen LogP) is 2.74. The van der Waals surface area contributed by atoms with Crippen LogP contribution in [0, 0.1) is 6.92 Å². The van der Waals surface area contributed by atoms with E-state index in [1.165, 1.54) is 5.56 Å². The maximum absolute atomic E-state index is 12.2. The van der Waals surface area contributed by atoms with Gasteiger partial charge in [-0.25, -0.2) is 0 Å². The molecule has 2 rings (SSSR count). The van der Waals surface area contributed by atoms with Gasteiger partial charge in [0.05, 0.1) is 12.1 Å². The van der Waals surface area contributed by atoms with Crippen molar-refractivity contribution < 1.29 is 4.79 Å². The lowest BCUT2D eigenvalue weighted by Crippen LogP contribution is -2.42. The van der Waals surface area contributed by atoms with Crippen molar-refractivity contribution in [3.05, 3.63) is 71.3 Å². The summed E-state index contributed by atoms with van der Waals surface area (Å²) in [5.74, 6) is -0.118. The first kappa shape index (κ1) is 15.3. The number of hydrogen-bond acceptors (Lipinski definition) is 2. The fourth-order valence-electron chi connectivity index (χ4n) is 2.30. The number of hydrogen-bond donors (Lipinski definition) is 2. The molecular formula is C18H22N2O. The minimum atomic E-state index is -0.528. The minimum absolute atomic E-state index is 0.0424. The molecule has 0 radical (unpaired) electrons. The summed E-state index contributed by atoms with van der Waals surface area (Å²) in [6.45, 7) is 4.01. The summed E-state index contributed by atoms with van der Waals surface area (Å²) >= 11 is 0. The number of benzene rings is 2. The van der Waals surface area contributed by atoms with Crippen molar-refractivity contribution in [2.45, 2.75) is 32.4 Å². The monoisotopic (exact) mass is 282 g/mol. The van der Waals surface area contributed by atoms with E-state index < -0.39 is 6.04 Å². The fraction of sp³-hybridized carbons (Fsp3) is 0.278. The van der Waals surface area contributed by atoms with E-state index in [9.17, 15) is 4.79 Å². The molecule has 0 aromatic heterocycles. The number of aryl methyl sites for hydroxylation is 1. The normalized spacial score (nSPS) is 13.5. The van der Waals surface area contributed by atoms with Crippen LogP contribution in [-0.4, -0.2) is 11.9 Å². The van der Waals surface area contributed by atoms with Crippen LogP contribution >= 0.6 is 0 Å². The van der Waals surface area contributed by atoms with Gasteiger partial charge in [-0.05, 0) is 31.4 Å². The summed E-state index contributed by atoms with van der Waals surface area (Å²) in [5, 5.41) is 2.98. The van der Waals surface area contributed by atoms with Gasteiger partial charge in [-0.3, -0.25) is 4.79 Å². The maximum Gasteiger partial charge on any atom is 0.237 e. The SMILES string of the molecule is Cc1cccc([C@@H](C)NC(=O)[C@@H](N)Cc2ccccc2)c1. The number of nitrogens with one attached hydrogen (secondary N) is 1. The Morgan fingerprint density at radius 3 is 2.52 bits per heavy atom. The smallest absolute Gasteiger partial charge is 0.237 e. The van der Waals surface area contributed by atoms with Gasteiger partial charge in [0.25, 0.3) is 0 Å². The zero-order valence-corrected chi connectivity index (χ0v) is 12.5. The van der Waals surface area contributed by atoms with Crippen LogP contribution in [0.1, 0.15) is 29.7 Å². The molecule has 0 saturated heterocycles. The van der Waals surface area contributed by atoms with Gasteiger partial charge in [-0.15, -0.1) is 0 Å². The van der Waals surface area contributed by atoms with E-state index in [2.05, 4.69) is 11.4 Å². The zero-order chi connectivity index (χ0) is 15.2. The minimum Gasteiger partial charge on any atom is -0.348 e. The van der Waals surface area contributed by atoms with Crippen molar-refractivity contribution >= 4 is 5.91 Å². The molecule has 110 valence electrons. The van der Waals surface area contributed by atoms with Gasteiger partial charge in [0.2, 0.25) is 5.91 Å². The molecule has 0 spiro atoms. The predicted molar refractivity (Wildman–Crippen MR) is 85.9 cm³/mol. The molecule has 3 heteroatoms. The standard InChI is InChI=1S/C18H22N2O/c1-13-7-6-10-16(11-13)14(2)20-18(21)17(19)12-15-8-4-3-5-9-15/h3-11,14,17H,12,19H2,1-2H3,(H,20,21)/t14-,17+/m1/s1. The van der Waals surface area contributed by atoms with Crippen LogP contribution in [0.15, 0.2) is 54.6 Å². The average Bonchev–Trinajstić information content (AvgIpc) is 2.48. The molecule has 0 aliphatic heterocycles. The lowest BCUT2D eigenvalue weighted by molar-refractivity contribution is -0.123. The summed E-state index contributed by atoms with van der Waals surface area (Å²) in [7, 11) is 0. The summed E-state index contributed by atoms with van der Waals surface area (Å²) in [6.07, 6.45) is 0.549. The van der Waals surface area contributed by atoms with Crippen LogP contribution in [-0.2, 0) is 11.2 Å². The number of carbonyl (C=O) groups is 1. The molecule has 2 aromatic rings. The van der Waals surface area contributed by atoms with Gasteiger partial charge in [-0.1, -0.05) is 60.2 Å². The molecule has 0 bridgehead atoms. The van der Waals surface area contributed by atoms with Crippen LogP contribution in [0.4, 0.5) is 0 Å². The van der Waals surface area contributed by atoms with Crippen molar-refractivity contribution in [1.82, 2.24) is 5.32 Å². The van der Waals surface area contributed by atoms with Gasteiger partial charge < -0.3 is 11.1 Å². The van der Waals surface area contributed by atoms with Crippen molar-refractivity contribution in [3.63, 3.8) is 0 Å². The first-order chi connectivity index (χ1) is 10.1. The third kappa shape index (κ3) is 4.43. The van der Waals surface area contributed by atoms with Crippen LogP contribution in [0.5, 0.6) is 0 Å². The van der Waals surface area contributed by atoms with E-state index in [4.69, 9.17) is 5.73 Å². The Hall–Kier alpha value is -2.13. The molecule has 0 fully saturated rings. The molecule has 2 atom stereocenters. The van der Waals surface area contributed by atoms with Crippen molar-refractivity contribution in [1.29, 1.82) is 0 Å². The Balaban J connectivity index is 1.94. The van der Waals surface area contributed by atoms with Gasteiger partial charge in [-0.2, -0.15) is 0 Å². The molecular weight excluding hydrogens is 260 g/mol. The largest absolute Gasteiger partial charge is 0.348 e. The highest BCUT2D eigenvalue weighted by atomic mass is 16.2. The highest BCUT2D eigenvalue weighted by molar-refractivity contribution is 5.82. The molecule has 0 saturated carbocycles. The summed E-state index contributed by atoms with van der Waals surface area (Å²) in [4.78, 5) is 12.2. The number of nitrogens with two attached hydrogens (primary N) is 1. The Kier molecular flexibility index (Phi) is 5.12. The highest BCUT2D eigenvalue weighted by Crippen LogP contribution is 2.14. The Morgan fingerprint density at radius 2 is 1.86 bits per heavy atom. The first-order valence-electron chi connectivity index (χ1n) is 7.22. The van der Waals surface area contributed by atoms with E-state index in [0.717, 1.165) is 11.1 Å². The lowest BCUT2D eigenvalue weighted by Gasteiger charge is -2.18. The Morgan fingerprint density at radius 1 is 1.14 bits per heavy atom. The van der Waals surface area contributed by atoms with E-state index >= 15 is 0 Å². The Bertz CT molecular complexity index is 595. The van der Waals surface area contributed by atoms with E-state index in [1.54, 1.807) is 0 Å². The summed E-state index contributed by atoms with van der Waals surface area (Å²) in [5.41, 5.74) is 9.34. The van der Waals surface area contributed by atoms with Gasteiger partial charge in [0.1, 0.15) is 0 Å². The van der Waals surface area contributed by atoms with Crippen molar-refractivity contribution in [2.75, 3.05) is 0 Å². The maximum atomic E-state index is 12.2. The number of amides is 1. The molecule has 21 heavy (non-hydrogen) atoms. The molecule has 2 aromatic carbocycles. The molecule has 0 aliphatic carbocycles. The van der Waals surface area contributed by atoms with Crippen LogP contribution in [0.2, 0.25) is 0 Å². The van der Waals surface area contributed by atoms with E-state index in [0.29, 0.717) is 6.42 Å². The quantitative estimate of drug-likeness (QED) is 0.886. The average molecular weight is 282 g/mol. The molecule has 1 amide bonds. The van der Waals surface area contributed by atoms with Crippen LogP contribution in [0.3, 0.4) is 0 Å². The van der Waals surface area contributed by atoms with Crippen LogP contribution < -0.4 is 11.1 Å². The third-order valence-electron chi connectivity index (χ3n) is 3.54. The van der Waals surface area contributed by atoms with Crippen molar-refractivity contribution in [2.24, 2.45) is 5.73 Å². The van der Waals surface area contributed by atoms with Gasteiger partial charge in [0.15, 0.2) is 0 Å². The van der Waals surface area contributed by atoms with Crippen molar-refractivity contribution in [3.8, 4) is 0 Å². The second kappa shape index (κ2) is 7.04.